The molecule has 0 aromatic heterocycles. The summed E-state index contributed by atoms with van der Waals surface area (Å²) in [6.07, 6.45) is -1.43. The molecule has 2 saturated heterocycles. The molecule has 1 N–H and O–H groups in total. The first-order chi connectivity index (χ1) is 11.2. The fourth-order valence-electron chi connectivity index (χ4n) is 3.44. The second-order valence-electron chi connectivity index (χ2n) is 6.76. The van der Waals surface area contributed by atoms with Crippen LogP contribution in [0.2, 0.25) is 0 Å². The number of hydrogen-bond acceptors (Lipinski definition) is 2. The van der Waals surface area contributed by atoms with Crippen LogP contribution >= 0.6 is 0 Å². The zero-order valence-corrected chi connectivity index (χ0v) is 14.2. The Morgan fingerprint density at radius 3 is 2.38 bits per heavy atom. The van der Waals surface area contributed by atoms with Crippen LogP contribution in [0.3, 0.4) is 0 Å². The van der Waals surface area contributed by atoms with Gasteiger partial charge in [0.05, 0.1) is 0 Å². The minimum Gasteiger partial charge on any atom is -0.340 e. The Morgan fingerprint density at radius 2 is 1.92 bits per heavy atom. The van der Waals surface area contributed by atoms with E-state index >= 15 is 0 Å². The van der Waals surface area contributed by atoms with Crippen molar-refractivity contribution in [2.45, 2.75) is 64.2 Å². The van der Waals surface area contributed by atoms with Crippen molar-refractivity contribution in [2.75, 3.05) is 19.6 Å². The molecule has 0 aromatic carbocycles. The molecule has 3 amide bonds. The van der Waals surface area contributed by atoms with E-state index in [2.05, 4.69) is 5.32 Å². The number of piperidine rings is 1. The van der Waals surface area contributed by atoms with Crippen molar-refractivity contribution < 1.29 is 22.8 Å². The first kappa shape index (κ1) is 18.9. The number of carbonyl (C=O) groups excluding carboxylic acids is 2. The Hall–Kier alpha value is -1.47. The normalized spacial score (nSPS) is 22.6. The fraction of sp³-hybridized carbons (Fsp3) is 0.875. The highest BCUT2D eigenvalue weighted by molar-refractivity contribution is 5.78. The highest BCUT2D eigenvalue weighted by Gasteiger charge is 2.44. The summed E-state index contributed by atoms with van der Waals surface area (Å²) in [5.74, 6) is -0.527. The van der Waals surface area contributed by atoms with Gasteiger partial charge in [-0.15, -0.1) is 0 Å². The molecule has 0 bridgehead atoms. The Bertz CT molecular complexity index is 462. The lowest BCUT2D eigenvalue weighted by Gasteiger charge is -2.37. The SMILES string of the molecule is CC[C@@H](C)[C@H](NC(=O)N1CCC(N2CCCC2=O)CC1)C(F)(F)F. The van der Waals surface area contributed by atoms with E-state index in [1.807, 2.05) is 4.90 Å². The highest BCUT2D eigenvalue weighted by Crippen LogP contribution is 2.28. The Labute approximate surface area is 140 Å². The Morgan fingerprint density at radius 1 is 1.29 bits per heavy atom. The molecule has 8 heteroatoms. The molecule has 2 atom stereocenters. The van der Waals surface area contributed by atoms with Crippen molar-refractivity contribution in [2.24, 2.45) is 5.92 Å². The number of alkyl halides is 3. The monoisotopic (exact) mass is 349 g/mol. The molecule has 138 valence electrons. The van der Waals surface area contributed by atoms with Crippen LogP contribution in [0.15, 0.2) is 0 Å². The van der Waals surface area contributed by atoms with Crippen LogP contribution < -0.4 is 5.32 Å². The molecule has 2 rings (SSSR count). The second-order valence-corrected chi connectivity index (χ2v) is 6.76. The van der Waals surface area contributed by atoms with Gasteiger partial charge in [-0.3, -0.25) is 4.79 Å². The predicted octanol–water partition coefficient (Wildman–Crippen LogP) is 2.76. The third-order valence-electron chi connectivity index (χ3n) is 5.15. The molecule has 2 heterocycles. The maximum absolute atomic E-state index is 13.1. The number of amides is 3. The number of nitrogens with zero attached hydrogens (tertiary/aromatic N) is 2. The van der Waals surface area contributed by atoms with Crippen LogP contribution in [0.25, 0.3) is 0 Å². The van der Waals surface area contributed by atoms with Gasteiger partial charge in [0, 0.05) is 32.1 Å². The van der Waals surface area contributed by atoms with Crippen LogP contribution in [0.4, 0.5) is 18.0 Å². The number of carbonyl (C=O) groups is 2. The van der Waals surface area contributed by atoms with E-state index in [0.29, 0.717) is 38.8 Å². The zero-order chi connectivity index (χ0) is 17.9. The minimum absolute atomic E-state index is 0.108. The summed E-state index contributed by atoms with van der Waals surface area (Å²) in [4.78, 5) is 27.2. The smallest absolute Gasteiger partial charge is 0.340 e. The van der Waals surface area contributed by atoms with Gasteiger partial charge in [-0.1, -0.05) is 20.3 Å². The van der Waals surface area contributed by atoms with E-state index in [9.17, 15) is 22.8 Å². The molecule has 0 saturated carbocycles. The summed E-state index contributed by atoms with van der Waals surface area (Å²) >= 11 is 0. The molecular weight excluding hydrogens is 323 g/mol. The van der Waals surface area contributed by atoms with E-state index in [4.69, 9.17) is 0 Å². The Balaban J connectivity index is 1.88. The molecule has 0 aliphatic carbocycles. The average molecular weight is 349 g/mol. The van der Waals surface area contributed by atoms with Gasteiger partial charge in [0.1, 0.15) is 6.04 Å². The van der Waals surface area contributed by atoms with Gasteiger partial charge >= 0.3 is 12.2 Å². The van der Waals surface area contributed by atoms with Crippen molar-refractivity contribution >= 4 is 11.9 Å². The van der Waals surface area contributed by atoms with Crippen molar-refractivity contribution in [1.82, 2.24) is 15.1 Å². The van der Waals surface area contributed by atoms with E-state index in [0.717, 1.165) is 13.0 Å². The average Bonchev–Trinajstić information content (AvgIpc) is 2.96. The molecule has 0 aromatic rings. The Kier molecular flexibility index (Phi) is 5.98. The summed E-state index contributed by atoms with van der Waals surface area (Å²) < 4.78 is 39.4. The molecule has 2 aliphatic rings. The van der Waals surface area contributed by atoms with Crippen LogP contribution in [-0.4, -0.2) is 59.6 Å². The summed E-state index contributed by atoms with van der Waals surface area (Å²) in [6, 6.07) is -2.38. The van der Waals surface area contributed by atoms with Crippen LogP contribution in [0.1, 0.15) is 46.0 Å². The lowest BCUT2D eigenvalue weighted by atomic mass is 9.98. The standard InChI is InChI=1S/C16H26F3N3O2/c1-3-11(2)14(16(17,18)19)20-15(24)21-9-6-12(7-10-21)22-8-4-5-13(22)23/h11-12,14H,3-10H2,1-2H3,(H,20,24)/t11-,14+/m1/s1. The molecule has 24 heavy (non-hydrogen) atoms. The number of nitrogens with one attached hydrogen (secondary N) is 1. The van der Waals surface area contributed by atoms with Crippen molar-refractivity contribution in [3.63, 3.8) is 0 Å². The maximum atomic E-state index is 13.1. The number of rotatable bonds is 4. The van der Waals surface area contributed by atoms with E-state index in [1.165, 1.54) is 11.8 Å². The van der Waals surface area contributed by atoms with E-state index < -0.39 is 24.2 Å². The number of urea groups is 1. The fourth-order valence-corrected chi connectivity index (χ4v) is 3.44. The number of likely N-dealkylation sites (tertiary alicyclic amines) is 2. The molecule has 2 aliphatic heterocycles. The van der Waals surface area contributed by atoms with Crippen LogP contribution in [-0.2, 0) is 4.79 Å². The summed E-state index contributed by atoms with van der Waals surface area (Å²) in [6.45, 7) is 4.67. The van der Waals surface area contributed by atoms with Gasteiger partial charge in [0.25, 0.3) is 0 Å². The second kappa shape index (κ2) is 7.61. The summed E-state index contributed by atoms with van der Waals surface area (Å²) in [5, 5.41) is 2.15. The van der Waals surface area contributed by atoms with Crippen LogP contribution in [0, 0.1) is 5.92 Å². The lowest BCUT2D eigenvalue weighted by Crippen LogP contribution is -2.56. The van der Waals surface area contributed by atoms with Gasteiger partial charge in [-0.25, -0.2) is 4.79 Å². The molecule has 5 nitrogen and oxygen atoms in total. The molecular formula is C16H26F3N3O2. The third kappa shape index (κ3) is 4.33. The van der Waals surface area contributed by atoms with Gasteiger partial charge < -0.3 is 15.1 Å². The van der Waals surface area contributed by atoms with E-state index in [-0.39, 0.29) is 11.9 Å². The van der Waals surface area contributed by atoms with Gasteiger partial charge in [0.2, 0.25) is 5.91 Å². The van der Waals surface area contributed by atoms with Crippen molar-refractivity contribution in [1.29, 1.82) is 0 Å². The van der Waals surface area contributed by atoms with Gasteiger partial charge in [-0.2, -0.15) is 13.2 Å². The van der Waals surface area contributed by atoms with Gasteiger partial charge in [-0.05, 0) is 25.2 Å². The number of halogens is 3. The lowest BCUT2D eigenvalue weighted by molar-refractivity contribution is -0.164. The molecule has 2 fully saturated rings. The third-order valence-corrected chi connectivity index (χ3v) is 5.15. The topological polar surface area (TPSA) is 52.7 Å². The molecule has 0 unspecified atom stereocenters. The van der Waals surface area contributed by atoms with Crippen molar-refractivity contribution in [3.8, 4) is 0 Å². The largest absolute Gasteiger partial charge is 0.408 e. The van der Waals surface area contributed by atoms with Gasteiger partial charge in [0.15, 0.2) is 0 Å². The minimum atomic E-state index is -4.45. The maximum Gasteiger partial charge on any atom is 0.408 e. The summed E-state index contributed by atoms with van der Waals surface area (Å²) in [5.41, 5.74) is 0. The van der Waals surface area contributed by atoms with Crippen LogP contribution in [0.5, 0.6) is 0 Å². The van der Waals surface area contributed by atoms with E-state index in [1.54, 1.807) is 6.92 Å². The molecule has 0 radical (unpaired) electrons. The first-order valence-corrected chi connectivity index (χ1v) is 8.65. The molecule has 0 spiro atoms. The van der Waals surface area contributed by atoms with Crippen molar-refractivity contribution in [3.05, 3.63) is 0 Å². The quantitative estimate of drug-likeness (QED) is 0.848. The first-order valence-electron chi connectivity index (χ1n) is 8.65. The zero-order valence-electron chi connectivity index (χ0n) is 14.2. The predicted molar refractivity (Wildman–Crippen MR) is 83.4 cm³/mol. The number of hydrogen-bond donors (Lipinski definition) is 1. The highest BCUT2D eigenvalue weighted by atomic mass is 19.4. The summed E-state index contributed by atoms with van der Waals surface area (Å²) in [7, 11) is 0.